The predicted molar refractivity (Wildman–Crippen MR) is 337 cm³/mol. The smallest absolute Gasteiger partial charge is 0.135 e. The van der Waals surface area contributed by atoms with E-state index in [1.165, 1.54) is 27.2 Å². The minimum atomic E-state index is 0.829. The van der Waals surface area contributed by atoms with E-state index >= 15 is 0 Å². The zero-order valence-corrected chi connectivity index (χ0v) is 43.7. The van der Waals surface area contributed by atoms with Crippen molar-refractivity contribution in [1.29, 1.82) is 0 Å². The quantitative estimate of drug-likeness (QED) is 0.129. The third kappa shape index (κ3) is 8.35. The first-order valence-corrected chi connectivity index (χ1v) is 27.3. The Morgan fingerprint density at radius 1 is 0.237 bits per heavy atom. The molecule has 2 heterocycles. The molecule has 0 saturated carbocycles. The number of hydrogen-bond acceptors (Lipinski definition) is 3. The van der Waals surface area contributed by atoms with Gasteiger partial charge in [-0.2, -0.15) is 0 Å². The van der Waals surface area contributed by atoms with E-state index < -0.39 is 0 Å². The van der Waals surface area contributed by atoms with Crippen molar-refractivity contribution in [2.24, 2.45) is 0 Å². The molecule has 0 amide bonds. The molecule has 0 bridgehead atoms. The Morgan fingerprint density at radius 3 is 1.43 bits per heavy atom. The van der Waals surface area contributed by atoms with E-state index in [1.54, 1.807) is 0 Å². The Kier molecular flexibility index (Phi) is 11.5. The normalized spacial score (nSPS) is 11.5. The molecule has 0 aliphatic carbocycles. The highest BCUT2D eigenvalue weighted by Gasteiger charge is 2.25. The third-order valence-electron chi connectivity index (χ3n) is 15.7. The molecule has 0 saturated heterocycles. The Morgan fingerprint density at radius 2 is 0.713 bits per heavy atom. The lowest BCUT2D eigenvalue weighted by Crippen LogP contribution is -2.17. The average molecular weight is 1020 g/mol. The highest BCUT2D eigenvalue weighted by atomic mass is 16.3. The molecule has 80 heavy (non-hydrogen) atoms. The van der Waals surface area contributed by atoms with Gasteiger partial charge < -0.3 is 18.8 Å². The average Bonchev–Trinajstić information content (AvgIpc) is 4.11. The van der Waals surface area contributed by atoms with Crippen molar-refractivity contribution in [3.05, 3.63) is 309 Å². The van der Waals surface area contributed by atoms with E-state index in [0.29, 0.717) is 0 Å². The molecule has 376 valence electrons. The first kappa shape index (κ1) is 46.6. The van der Waals surface area contributed by atoms with Crippen molar-refractivity contribution < 1.29 is 4.42 Å². The van der Waals surface area contributed by atoms with Crippen LogP contribution in [0.25, 0.3) is 105 Å². The monoisotopic (exact) mass is 1020 g/mol. The molecule has 15 aromatic rings. The van der Waals surface area contributed by atoms with Crippen LogP contribution < -0.4 is 9.80 Å². The summed E-state index contributed by atoms with van der Waals surface area (Å²) in [6.07, 6.45) is 0. The molecule has 0 aliphatic heterocycles. The molecule has 0 aliphatic rings. The maximum Gasteiger partial charge on any atom is 0.135 e. The van der Waals surface area contributed by atoms with Gasteiger partial charge in [-0.15, -0.1) is 0 Å². The number of nitrogens with zero attached hydrogens (tertiary/aromatic N) is 3. The van der Waals surface area contributed by atoms with Crippen LogP contribution in [-0.4, -0.2) is 4.57 Å². The van der Waals surface area contributed by atoms with E-state index in [-0.39, 0.29) is 0 Å². The molecule has 4 heteroatoms. The summed E-state index contributed by atoms with van der Waals surface area (Å²) in [7, 11) is 0. The van der Waals surface area contributed by atoms with Crippen LogP contribution >= 0.6 is 0 Å². The van der Waals surface area contributed by atoms with Crippen molar-refractivity contribution >= 4 is 88.6 Å². The summed E-state index contributed by atoms with van der Waals surface area (Å²) < 4.78 is 9.11. The van der Waals surface area contributed by atoms with Gasteiger partial charge in [0.15, 0.2) is 0 Å². The second kappa shape index (κ2) is 19.7. The van der Waals surface area contributed by atoms with E-state index in [0.717, 1.165) is 112 Å². The lowest BCUT2D eigenvalue weighted by atomic mass is 9.97. The molecule has 15 rings (SSSR count). The number of fused-ring (bicyclic) bond motifs is 7. The fourth-order valence-electron chi connectivity index (χ4n) is 11.9. The van der Waals surface area contributed by atoms with Crippen molar-refractivity contribution in [3.63, 3.8) is 0 Å². The number of hydrogen-bond donors (Lipinski definition) is 0. The van der Waals surface area contributed by atoms with Gasteiger partial charge in [0.1, 0.15) is 11.2 Å². The summed E-state index contributed by atoms with van der Waals surface area (Å²) in [4.78, 5) is 4.87. The molecule has 13 aromatic carbocycles. The number of aromatic nitrogens is 1. The molecular formula is C76H51N3O. The highest BCUT2D eigenvalue weighted by molar-refractivity contribution is 6.12. The zero-order valence-electron chi connectivity index (χ0n) is 43.7. The summed E-state index contributed by atoms with van der Waals surface area (Å²) in [5.74, 6) is 0. The fraction of sp³-hybridized carbons (Fsp3) is 0. The Labute approximate surface area is 464 Å². The lowest BCUT2D eigenvalue weighted by Gasteiger charge is -2.34. The molecule has 0 fully saturated rings. The van der Waals surface area contributed by atoms with Gasteiger partial charge >= 0.3 is 0 Å². The highest BCUT2D eigenvalue weighted by Crippen LogP contribution is 2.49. The number of furan rings is 1. The number of anilines is 6. The topological polar surface area (TPSA) is 24.6 Å². The van der Waals surface area contributed by atoms with Crippen molar-refractivity contribution in [2.75, 3.05) is 9.80 Å². The molecule has 0 spiro atoms. The van der Waals surface area contributed by atoms with Crippen LogP contribution in [0.3, 0.4) is 0 Å². The third-order valence-corrected chi connectivity index (χ3v) is 15.7. The summed E-state index contributed by atoms with van der Waals surface area (Å²) in [5.41, 5.74) is 20.4. The van der Waals surface area contributed by atoms with Gasteiger partial charge in [0.25, 0.3) is 0 Å². The second-order valence-electron chi connectivity index (χ2n) is 20.5. The van der Waals surface area contributed by atoms with E-state index in [4.69, 9.17) is 4.42 Å². The van der Waals surface area contributed by atoms with Gasteiger partial charge in [0.05, 0.1) is 22.4 Å². The fourth-order valence-corrected chi connectivity index (χ4v) is 11.9. The number of rotatable bonds is 11. The van der Waals surface area contributed by atoms with Gasteiger partial charge in [-0.3, -0.25) is 0 Å². The van der Waals surface area contributed by atoms with Crippen LogP contribution in [0.2, 0.25) is 0 Å². The van der Waals surface area contributed by atoms with Crippen LogP contribution in [0.4, 0.5) is 34.1 Å². The van der Waals surface area contributed by atoms with E-state index in [1.807, 2.05) is 0 Å². The van der Waals surface area contributed by atoms with Gasteiger partial charge in [-0.1, -0.05) is 200 Å². The summed E-state index contributed by atoms with van der Waals surface area (Å²) in [5, 5.41) is 6.90. The first-order chi connectivity index (χ1) is 39.6. The Hall–Kier alpha value is -10.7. The Balaban J connectivity index is 0.939. The van der Waals surface area contributed by atoms with Crippen LogP contribution in [0, 0.1) is 0 Å². The number of para-hydroxylation sites is 4. The van der Waals surface area contributed by atoms with Crippen LogP contribution in [0.5, 0.6) is 0 Å². The van der Waals surface area contributed by atoms with Crippen LogP contribution in [-0.2, 0) is 0 Å². The maximum atomic E-state index is 6.73. The first-order valence-electron chi connectivity index (χ1n) is 27.3. The predicted octanol–water partition coefficient (Wildman–Crippen LogP) is 21.4. The van der Waals surface area contributed by atoms with E-state index in [9.17, 15) is 0 Å². The van der Waals surface area contributed by atoms with Crippen LogP contribution in [0.1, 0.15) is 0 Å². The van der Waals surface area contributed by atoms with Crippen molar-refractivity contribution in [1.82, 2.24) is 4.57 Å². The largest absolute Gasteiger partial charge is 0.456 e. The van der Waals surface area contributed by atoms with Crippen molar-refractivity contribution in [3.8, 4) is 50.2 Å². The molecule has 0 radical (unpaired) electrons. The molecule has 4 nitrogen and oxygen atoms in total. The lowest BCUT2D eigenvalue weighted by molar-refractivity contribution is 0.669. The second-order valence-corrected chi connectivity index (χ2v) is 20.5. The molecule has 0 unspecified atom stereocenters. The number of benzene rings is 13. The summed E-state index contributed by atoms with van der Waals surface area (Å²) in [6, 6.07) is 112. The minimum Gasteiger partial charge on any atom is -0.456 e. The maximum absolute atomic E-state index is 6.73. The van der Waals surface area contributed by atoms with E-state index in [2.05, 4.69) is 324 Å². The Bertz CT molecular complexity index is 4720. The molecule has 0 atom stereocenters. The molecule has 0 N–H and O–H groups in total. The summed E-state index contributed by atoms with van der Waals surface area (Å²) >= 11 is 0. The van der Waals surface area contributed by atoms with Gasteiger partial charge in [-0.25, -0.2) is 0 Å². The van der Waals surface area contributed by atoms with Crippen molar-refractivity contribution in [2.45, 2.75) is 0 Å². The standard InChI is InChI=1S/C76H51N3O/c1-5-20-52(21-6-1)57-28-19-31-63(45-57)77(65-40-43-76-70(51-65)69-49-58(38-42-75(69)80-76)59-37-41-68-67-32-15-16-33-71(67)79(74(68)50-59)62-29-11-4-12-30-62)72-34-17-18-35-73(72)78(64-39-36-55-26-13-14-27-56(55)46-64)66-47-60(53-22-7-2-8-23-53)44-61(48-66)54-24-9-3-10-25-54/h1-51H. The summed E-state index contributed by atoms with van der Waals surface area (Å²) in [6.45, 7) is 0. The molecular weight excluding hydrogens is 971 g/mol. The van der Waals surface area contributed by atoms with Crippen LogP contribution in [0.15, 0.2) is 314 Å². The van der Waals surface area contributed by atoms with Gasteiger partial charge in [-0.05, 0) is 164 Å². The molecule has 2 aromatic heterocycles. The SMILES string of the molecule is c1ccc(-c2cccc(N(c3ccc4oc5ccc(-c6ccc7c8ccccc8n(-c8ccccc8)c7c6)cc5c4c3)c3ccccc3N(c3cc(-c4ccccc4)cc(-c4ccccc4)c3)c3ccc4ccccc4c3)c2)cc1. The van der Waals surface area contributed by atoms with Gasteiger partial charge in [0.2, 0.25) is 0 Å². The minimum absolute atomic E-state index is 0.829. The zero-order chi connectivity index (χ0) is 52.9. The van der Waals surface area contributed by atoms with Gasteiger partial charge in [0, 0.05) is 50.0 Å².